The highest BCUT2D eigenvalue weighted by molar-refractivity contribution is 6.31. The molecule has 3 aromatic rings. The van der Waals surface area contributed by atoms with Crippen LogP contribution in [0.4, 0.5) is 14.5 Å². The van der Waals surface area contributed by atoms with E-state index in [4.69, 9.17) is 27.9 Å². The third-order valence-corrected chi connectivity index (χ3v) is 5.76. The van der Waals surface area contributed by atoms with Gasteiger partial charge in [0.25, 0.3) is 0 Å². The standard InChI is InChI=1S/C24H18Cl2F2N2O2/c1-32-16-6-2-5-15(11-16)30-23(31)24(14-29,12-17-19(25)7-3-9-21(17)27)13-18-20(26)8-4-10-22(18)28/h2-11H,12-13H2,1H3,(H,30,31). The molecule has 3 rings (SSSR count). The lowest BCUT2D eigenvalue weighted by atomic mass is 9.76. The van der Waals surface area contributed by atoms with Gasteiger partial charge in [-0.3, -0.25) is 4.79 Å². The average molecular weight is 475 g/mol. The van der Waals surface area contributed by atoms with Gasteiger partial charge in [-0.25, -0.2) is 8.78 Å². The molecule has 1 N–H and O–H groups in total. The van der Waals surface area contributed by atoms with Crippen LogP contribution in [0.25, 0.3) is 0 Å². The number of amides is 1. The molecule has 8 heteroatoms. The molecule has 164 valence electrons. The zero-order chi connectivity index (χ0) is 23.3. The summed E-state index contributed by atoms with van der Waals surface area (Å²) in [5.74, 6) is -1.62. The van der Waals surface area contributed by atoms with E-state index in [1.165, 1.54) is 43.5 Å². The number of methoxy groups -OCH3 is 1. The van der Waals surface area contributed by atoms with Crippen LogP contribution >= 0.6 is 23.2 Å². The highest BCUT2D eigenvalue weighted by Gasteiger charge is 2.42. The van der Waals surface area contributed by atoms with Gasteiger partial charge < -0.3 is 10.1 Å². The van der Waals surface area contributed by atoms with E-state index >= 15 is 0 Å². The Balaban J connectivity index is 2.08. The largest absolute Gasteiger partial charge is 0.497 e. The molecule has 4 nitrogen and oxygen atoms in total. The quantitative estimate of drug-likeness (QED) is 0.442. The summed E-state index contributed by atoms with van der Waals surface area (Å²) in [4.78, 5) is 13.4. The molecule has 0 unspecified atom stereocenters. The van der Waals surface area contributed by atoms with Gasteiger partial charge in [0.1, 0.15) is 22.8 Å². The summed E-state index contributed by atoms with van der Waals surface area (Å²) in [7, 11) is 1.47. The summed E-state index contributed by atoms with van der Waals surface area (Å²) in [5.41, 5.74) is -1.61. The van der Waals surface area contributed by atoms with Crippen molar-refractivity contribution in [3.63, 3.8) is 0 Å². The van der Waals surface area contributed by atoms with Gasteiger partial charge in [0.05, 0.1) is 13.2 Å². The van der Waals surface area contributed by atoms with Gasteiger partial charge in [0.15, 0.2) is 0 Å². The number of benzene rings is 3. The van der Waals surface area contributed by atoms with Crippen molar-refractivity contribution >= 4 is 34.8 Å². The maximum Gasteiger partial charge on any atom is 0.245 e. The number of hydrogen-bond acceptors (Lipinski definition) is 3. The lowest BCUT2D eigenvalue weighted by Crippen LogP contribution is -2.39. The number of halogens is 4. The maximum absolute atomic E-state index is 14.6. The van der Waals surface area contributed by atoms with Crippen molar-refractivity contribution in [2.45, 2.75) is 12.8 Å². The minimum atomic E-state index is -1.92. The molecule has 32 heavy (non-hydrogen) atoms. The first kappa shape index (κ1) is 23.5. The molecule has 1 amide bonds. The number of nitrogens with zero attached hydrogens (tertiary/aromatic N) is 1. The van der Waals surface area contributed by atoms with E-state index in [9.17, 15) is 18.8 Å². The Hall–Kier alpha value is -3.14. The van der Waals surface area contributed by atoms with Crippen LogP contribution in [0, 0.1) is 28.4 Å². The second-order valence-corrected chi connectivity index (χ2v) is 7.95. The van der Waals surface area contributed by atoms with Crippen molar-refractivity contribution in [3.8, 4) is 11.8 Å². The van der Waals surface area contributed by atoms with Gasteiger partial charge in [-0.05, 0) is 36.4 Å². The highest BCUT2D eigenvalue weighted by atomic mass is 35.5. The fraction of sp³-hybridized carbons (Fsp3) is 0.167. The molecule has 0 bridgehead atoms. The van der Waals surface area contributed by atoms with Crippen molar-refractivity contribution < 1.29 is 18.3 Å². The fourth-order valence-electron chi connectivity index (χ4n) is 3.31. The zero-order valence-electron chi connectivity index (χ0n) is 17.0. The minimum absolute atomic E-state index is 0.0241. The maximum atomic E-state index is 14.6. The van der Waals surface area contributed by atoms with Gasteiger partial charge in [0.2, 0.25) is 5.91 Å². The van der Waals surface area contributed by atoms with Crippen molar-refractivity contribution in [1.82, 2.24) is 0 Å². The summed E-state index contributed by atoms with van der Waals surface area (Å²) < 4.78 is 34.3. The number of carbonyl (C=O) groups is 1. The van der Waals surface area contributed by atoms with Crippen LogP contribution in [0.2, 0.25) is 10.0 Å². The molecule has 0 saturated carbocycles. The molecule has 0 radical (unpaired) electrons. The normalized spacial score (nSPS) is 11.0. The SMILES string of the molecule is COc1cccc(NC(=O)C(C#N)(Cc2c(F)cccc2Cl)Cc2c(F)cccc2Cl)c1. The minimum Gasteiger partial charge on any atom is -0.497 e. The molecule has 0 aliphatic heterocycles. The van der Waals surface area contributed by atoms with Crippen LogP contribution in [0.3, 0.4) is 0 Å². The predicted molar refractivity (Wildman–Crippen MR) is 120 cm³/mol. The number of hydrogen-bond donors (Lipinski definition) is 1. The first-order valence-electron chi connectivity index (χ1n) is 9.52. The van der Waals surface area contributed by atoms with Gasteiger partial charge >= 0.3 is 0 Å². The molecular weight excluding hydrogens is 457 g/mol. The summed E-state index contributed by atoms with van der Waals surface area (Å²) in [5, 5.41) is 12.9. The van der Waals surface area contributed by atoms with E-state index in [1.54, 1.807) is 24.3 Å². The van der Waals surface area contributed by atoms with E-state index in [-0.39, 0.29) is 21.2 Å². The summed E-state index contributed by atoms with van der Waals surface area (Å²) >= 11 is 12.3. The number of rotatable bonds is 7. The number of nitrogens with one attached hydrogen (secondary N) is 1. The fourth-order valence-corrected chi connectivity index (χ4v) is 3.77. The Morgan fingerprint density at radius 3 is 2.00 bits per heavy atom. The van der Waals surface area contributed by atoms with Crippen LogP contribution in [-0.2, 0) is 17.6 Å². The van der Waals surface area contributed by atoms with E-state index in [1.807, 2.05) is 6.07 Å². The van der Waals surface area contributed by atoms with Crippen molar-refractivity contribution in [3.05, 3.63) is 93.5 Å². The topological polar surface area (TPSA) is 62.1 Å². The molecule has 3 aromatic carbocycles. The summed E-state index contributed by atoms with van der Waals surface area (Å²) in [6, 6.07) is 16.6. The predicted octanol–water partition coefficient (Wildman–Crippen LogP) is 6.21. The van der Waals surface area contributed by atoms with Gasteiger partial charge in [-0.15, -0.1) is 0 Å². The Labute approximate surface area is 194 Å². The van der Waals surface area contributed by atoms with Crippen LogP contribution in [0.15, 0.2) is 60.7 Å². The average Bonchev–Trinajstić information content (AvgIpc) is 2.78. The van der Waals surface area contributed by atoms with E-state index in [0.717, 1.165) is 0 Å². The van der Waals surface area contributed by atoms with Crippen molar-refractivity contribution in [1.29, 1.82) is 5.26 Å². The molecule has 0 aromatic heterocycles. The van der Waals surface area contributed by atoms with Gasteiger partial charge in [-0.1, -0.05) is 41.4 Å². The zero-order valence-corrected chi connectivity index (χ0v) is 18.5. The van der Waals surface area contributed by atoms with Crippen molar-refractivity contribution in [2.24, 2.45) is 5.41 Å². The highest BCUT2D eigenvalue weighted by Crippen LogP contribution is 2.36. The molecule has 0 fully saturated rings. The lowest BCUT2D eigenvalue weighted by molar-refractivity contribution is -0.122. The second-order valence-electron chi connectivity index (χ2n) is 7.13. The van der Waals surface area contributed by atoms with Crippen LogP contribution in [-0.4, -0.2) is 13.0 Å². The second kappa shape index (κ2) is 9.99. The molecule has 0 saturated heterocycles. The number of nitriles is 1. The van der Waals surface area contributed by atoms with E-state index in [0.29, 0.717) is 11.4 Å². The van der Waals surface area contributed by atoms with Gasteiger partial charge in [-0.2, -0.15) is 5.26 Å². The Bertz CT molecular complexity index is 1100. The van der Waals surface area contributed by atoms with Crippen LogP contribution < -0.4 is 10.1 Å². The third-order valence-electron chi connectivity index (χ3n) is 5.06. The summed E-state index contributed by atoms with van der Waals surface area (Å²) in [6.45, 7) is 0. The molecule has 0 heterocycles. The molecule has 0 atom stereocenters. The van der Waals surface area contributed by atoms with Crippen LogP contribution in [0.5, 0.6) is 5.75 Å². The van der Waals surface area contributed by atoms with Crippen molar-refractivity contribution in [2.75, 3.05) is 12.4 Å². The molecule has 0 aliphatic rings. The molecule has 0 spiro atoms. The van der Waals surface area contributed by atoms with E-state index < -0.39 is 35.8 Å². The Morgan fingerprint density at radius 1 is 1.00 bits per heavy atom. The smallest absolute Gasteiger partial charge is 0.245 e. The van der Waals surface area contributed by atoms with E-state index in [2.05, 4.69) is 5.32 Å². The lowest BCUT2D eigenvalue weighted by Gasteiger charge is -2.27. The molecule has 0 aliphatic carbocycles. The van der Waals surface area contributed by atoms with Crippen LogP contribution in [0.1, 0.15) is 11.1 Å². The first-order chi connectivity index (χ1) is 15.3. The number of ether oxygens (including phenoxy) is 1. The molecular formula is C24H18Cl2F2N2O2. The monoisotopic (exact) mass is 474 g/mol. The Morgan fingerprint density at radius 2 is 1.53 bits per heavy atom. The number of carbonyl (C=O) groups excluding carboxylic acids is 1. The van der Waals surface area contributed by atoms with Gasteiger partial charge in [0, 0.05) is 45.8 Å². The Kier molecular flexibility index (Phi) is 7.34. The first-order valence-corrected chi connectivity index (χ1v) is 10.3. The summed E-state index contributed by atoms with van der Waals surface area (Å²) in [6.07, 6.45) is -0.787. The number of anilines is 1. The third kappa shape index (κ3) is 5.01.